The van der Waals surface area contributed by atoms with E-state index in [1.807, 2.05) is 26.0 Å². The molecule has 28 heavy (non-hydrogen) atoms. The molecule has 1 aromatic heterocycles. The zero-order valence-corrected chi connectivity index (χ0v) is 17.9. The van der Waals surface area contributed by atoms with Crippen LogP contribution in [0.4, 0.5) is 0 Å². The van der Waals surface area contributed by atoms with Gasteiger partial charge in [-0.1, -0.05) is 39.0 Å². The molecule has 1 aliphatic rings. The highest BCUT2D eigenvalue weighted by Gasteiger charge is 2.39. The van der Waals surface area contributed by atoms with E-state index in [2.05, 4.69) is 45.9 Å². The van der Waals surface area contributed by atoms with Crippen LogP contribution in [0.1, 0.15) is 52.2 Å². The third-order valence-electron chi connectivity index (χ3n) is 4.60. The Hall–Kier alpha value is -2.04. The van der Waals surface area contributed by atoms with Crippen molar-refractivity contribution in [3.8, 4) is 5.75 Å². The van der Waals surface area contributed by atoms with Gasteiger partial charge in [-0.2, -0.15) is 0 Å². The third kappa shape index (κ3) is 4.03. The molecule has 0 aliphatic carbocycles. The molecule has 152 valence electrons. The quantitative estimate of drug-likeness (QED) is 0.475. The van der Waals surface area contributed by atoms with E-state index in [1.165, 1.54) is 5.56 Å². The molecule has 3 aromatic rings. The smallest absolute Gasteiger partial charge is 0.327 e. The molecule has 0 amide bonds. The second-order valence-corrected chi connectivity index (χ2v) is 7.85. The monoisotopic (exact) mass is 384 g/mol. The molecule has 0 saturated carbocycles. The standard InChI is InChI=1S/C20H22O4.C4H10/c1-4-21-20(22-5-2)12-11-14-16(24-20)9-10-17-18(14)15-8-6-7-13(3)19(15)23-17;1-4(2)3/h6-10H,4-5,11-12H2,1-3H3;4H,1-3H3. The summed E-state index contributed by atoms with van der Waals surface area (Å²) in [4.78, 5) is 0. The van der Waals surface area contributed by atoms with Gasteiger partial charge in [-0.25, -0.2) is 0 Å². The highest BCUT2D eigenvalue weighted by atomic mass is 16.9. The molecule has 0 N–H and O–H groups in total. The van der Waals surface area contributed by atoms with Gasteiger partial charge in [0.2, 0.25) is 0 Å². The molecule has 0 atom stereocenters. The van der Waals surface area contributed by atoms with Crippen LogP contribution < -0.4 is 4.74 Å². The molecule has 0 bridgehead atoms. The van der Waals surface area contributed by atoms with Crippen molar-refractivity contribution in [1.29, 1.82) is 0 Å². The Morgan fingerprint density at radius 2 is 1.71 bits per heavy atom. The molecular formula is C24H32O4. The van der Waals surface area contributed by atoms with Gasteiger partial charge >= 0.3 is 5.97 Å². The van der Waals surface area contributed by atoms with Crippen molar-refractivity contribution < 1.29 is 18.6 Å². The number of benzene rings is 2. The minimum atomic E-state index is -0.973. The Morgan fingerprint density at radius 3 is 2.36 bits per heavy atom. The normalized spacial score (nSPS) is 15.2. The number of hydrogen-bond acceptors (Lipinski definition) is 4. The van der Waals surface area contributed by atoms with Crippen LogP contribution in [0.3, 0.4) is 0 Å². The second kappa shape index (κ2) is 8.54. The van der Waals surface area contributed by atoms with E-state index in [-0.39, 0.29) is 0 Å². The molecule has 0 saturated heterocycles. The largest absolute Gasteiger partial charge is 0.456 e. The van der Waals surface area contributed by atoms with Crippen LogP contribution in [0, 0.1) is 12.8 Å². The van der Waals surface area contributed by atoms with Crippen molar-refractivity contribution in [2.24, 2.45) is 5.92 Å². The molecule has 4 heteroatoms. The lowest BCUT2D eigenvalue weighted by Gasteiger charge is -2.37. The molecular weight excluding hydrogens is 352 g/mol. The van der Waals surface area contributed by atoms with Gasteiger partial charge in [0.05, 0.1) is 13.2 Å². The Morgan fingerprint density at radius 1 is 1.04 bits per heavy atom. The maximum absolute atomic E-state index is 6.17. The van der Waals surface area contributed by atoms with Gasteiger partial charge < -0.3 is 18.6 Å². The second-order valence-electron chi connectivity index (χ2n) is 7.85. The van der Waals surface area contributed by atoms with Gasteiger partial charge in [-0.15, -0.1) is 0 Å². The average molecular weight is 385 g/mol. The van der Waals surface area contributed by atoms with Crippen LogP contribution in [0.5, 0.6) is 5.75 Å². The van der Waals surface area contributed by atoms with E-state index in [0.717, 1.165) is 45.6 Å². The summed E-state index contributed by atoms with van der Waals surface area (Å²) < 4.78 is 23.8. The van der Waals surface area contributed by atoms with Gasteiger partial charge in [0.25, 0.3) is 0 Å². The summed E-state index contributed by atoms with van der Waals surface area (Å²) >= 11 is 0. The van der Waals surface area contributed by atoms with Crippen molar-refractivity contribution in [3.63, 3.8) is 0 Å². The Bertz CT molecular complexity index is 930. The molecule has 4 nitrogen and oxygen atoms in total. The predicted molar refractivity (Wildman–Crippen MR) is 114 cm³/mol. The summed E-state index contributed by atoms with van der Waals surface area (Å²) in [5.41, 5.74) is 4.17. The number of para-hydroxylation sites is 1. The molecule has 0 fully saturated rings. The van der Waals surface area contributed by atoms with E-state index in [9.17, 15) is 0 Å². The van der Waals surface area contributed by atoms with E-state index in [1.54, 1.807) is 0 Å². The lowest BCUT2D eigenvalue weighted by atomic mass is 9.98. The average Bonchev–Trinajstić information content (AvgIpc) is 3.02. The maximum Gasteiger partial charge on any atom is 0.327 e. The zero-order chi connectivity index (χ0) is 20.3. The fraction of sp³-hybridized carbons (Fsp3) is 0.500. The van der Waals surface area contributed by atoms with Crippen LogP contribution in [-0.4, -0.2) is 19.2 Å². The van der Waals surface area contributed by atoms with Crippen LogP contribution in [0.15, 0.2) is 34.7 Å². The predicted octanol–water partition coefficient (Wildman–Crippen LogP) is 6.61. The lowest BCUT2D eigenvalue weighted by Crippen LogP contribution is -2.45. The molecule has 0 unspecified atom stereocenters. The summed E-state index contributed by atoms with van der Waals surface area (Å²) in [6.45, 7) is 13.6. The molecule has 4 rings (SSSR count). The van der Waals surface area contributed by atoms with E-state index < -0.39 is 5.97 Å². The first-order valence-corrected chi connectivity index (χ1v) is 10.3. The van der Waals surface area contributed by atoms with Crippen LogP contribution >= 0.6 is 0 Å². The summed E-state index contributed by atoms with van der Waals surface area (Å²) in [7, 11) is 0. The van der Waals surface area contributed by atoms with E-state index in [4.69, 9.17) is 18.6 Å². The molecule has 2 heterocycles. The molecule has 2 aromatic carbocycles. The fourth-order valence-electron chi connectivity index (χ4n) is 3.61. The Labute approximate surface area is 167 Å². The molecule has 0 radical (unpaired) electrons. The van der Waals surface area contributed by atoms with Crippen molar-refractivity contribution in [2.75, 3.05) is 13.2 Å². The van der Waals surface area contributed by atoms with Crippen molar-refractivity contribution in [2.45, 2.75) is 60.4 Å². The topological polar surface area (TPSA) is 40.8 Å². The van der Waals surface area contributed by atoms with Gasteiger partial charge in [-0.05, 0) is 50.8 Å². The van der Waals surface area contributed by atoms with E-state index in [0.29, 0.717) is 19.6 Å². The van der Waals surface area contributed by atoms with Gasteiger partial charge in [0.1, 0.15) is 16.9 Å². The SMILES string of the molecule is CC(C)C.CCOC1(OCC)CCc2c(ccc3oc4c(C)cccc4c23)O1. The number of aryl methyl sites for hydroxylation is 2. The molecule has 0 spiro atoms. The zero-order valence-electron chi connectivity index (χ0n) is 17.9. The first kappa shape index (κ1) is 20.7. The number of rotatable bonds is 4. The van der Waals surface area contributed by atoms with Gasteiger partial charge in [0.15, 0.2) is 0 Å². The first-order chi connectivity index (χ1) is 13.4. The summed E-state index contributed by atoms with van der Waals surface area (Å²) in [6.07, 6.45) is 1.49. The maximum atomic E-state index is 6.17. The summed E-state index contributed by atoms with van der Waals surface area (Å²) in [5, 5.41) is 2.29. The summed E-state index contributed by atoms with van der Waals surface area (Å²) in [6, 6.07) is 10.2. The third-order valence-corrected chi connectivity index (χ3v) is 4.60. The molecule has 1 aliphatic heterocycles. The van der Waals surface area contributed by atoms with Crippen molar-refractivity contribution in [3.05, 3.63) is 41.5 Å². The number of fused-ring (bicyclic) bond motifs is 5. The highest BCUT2D eigenvalue weighted by molar-refractivity contribution is 6.08. The number of furan rings is 1. The first-order valence-electron chi connectivity index (χ1n) is 10.3. The van der Waals surface area contributed by atoms with Crippen LogP contribution in [-0.2, 0) is 15.9 Å². The van der Waals surface area contributed by atoms with Crippen LogP contribution in [0.25, 0.3) is 21.9 Å². The minimum Gasteiger partial charge on any atom is -0.456 e. The lowest BCUT2D eigenvalue weighted by molar-refractivity contribution is -0.347. The van der Waals surface area contributed by atoms with Crippen molar-refractivity contribution >= 4 is 21.9 Å². The minimum absolute atomic E-state index is 0.547. The Kier molecular flexibility index (Phi) is 6.31. The summed E-state index contributed by atoms with van der Waals surface area (Å²) in [5.74, 6) is 0.680. The van der Waals surface area contributed by atoms with E-state index >= 15 is 0 Å². The van der Waals surface area contributed by atoms with Crippen LogP contribution in [0.2, 0.25) is 0 Å². The number of hydrogen-bond donors (Lipinski definition) is 0. The Balaban J connectivity index is 0.000000516. The van der Waals surface area contributed by atoms with Gasteiger partial charge in [0, 0.05) is 22.8 Å². The van der Waals surface area contributed by atoms with Crippen molar-refractivity contribution in [1.82, 2.24) is 0 Å². The van der Waals surface area contributed by atoms with Gasteiger partial charge in [-0.3, -0.25) is 0 Å². The highest BCUT2D eigenvalue weighted by Crippen LogP contribution is 2.42. The fourth-order valence-corrected chi connectivity index (χ4v) is 3.61. The number of ether oxygens (including phenoxy) is 3.